The highest BCUT2D eigenvalue weighted by molar-refractivity contribution is 7.15. The fourth-order valence-electron chi connectivity index (χ4n) is 27.7. The zero-order valence-electron chi connectivity index (χ0n) is 83.4. The minimum absolute atomic E-state index is 0.0994. The van der Waals surface area contributed by atoms with Gasteiger partial charge >= 0.3 is 0 Å². The summed E-state index contributed by atoms with van der Waals surface area (Å²) < 4.78 is 12.5. The van der Waals surface area contributed by atoms with Crippen molar-refractivity contribution in [2.75, 3.05) is 0 Å². The van der Waals surface area contributed by atoms with E-state index in [9.17, 15) is 0 Å². The van der Waals surface area contributed by atoms with Crippen molar-refractivity contribution in [3.8, 4) is 0 Å². The van der Waals surface area contributed by atoms with Crippen LogP contribution in [0.5, 0.6) is 0 Å². The Bertz CT molecular complexity index is 9360. The molecule has 24 aromatic rings. The van der Waals surface area contributed by atoms with Crippen molar-refractivity contribution in [1.29, 1.82) is 0 Å². The van der Waals surface area contributed by atoms with Gasteiger partial charge in [0.15, 0.2) is 16.1 Å². The third-order valence-electron chi connectivity index (χ3n) is 34.6. The van der Waals surface area contributed by atoms with E-state index in [4.69, 9.17) is 24.9 Å². The number of hydrogen-bond acceptors (Lipinski definition) is 5. The number of imidazole rings is 5. The fourth-order valence-corrected chi connectivity index (χ4v) is 43.0. The summed E-state index contributed by atoms with van der Waals surface area (Å²) in [7, 11) is -6.88. The molecule has 0 N–H and O–H groups in total. The van der Waals surface area contributed by atoms with Crippen LogP contribution in [0.25, 0.3) is 137 Å². The lowest BCUT2D eigenvalue weighted by Gasteiger charge is -2.49. The molecule has 0 fully saturated rings. The van der Waals surface area contributed by atoms with Crippen LogP contribution in [0.3, 0.4) is 0 Å². The van der Waals surface area contributed by atoms with Gasteiger partial charge in [0.2, 0.25) is 0 Å². The van der Waals surface area contributed by atoms with E-state index < -0.39 is 24.2 Å². The average Bonchev–Trinajstić information content (AvgIpc) is 1.61. The highest BCUT2D eigenvalue weighted by atomic mass is 28.3. The molecule has 0 saturated heterocycles. The van der Waals surface area contributed by atoms with Crippen molar-refractivity contribution in [1.82, 2.24) is 46.9 Å². The molecular formula is C126H116N10Si3. The van der Waals surface area contributed by atoms with E-state index in [0.717, 1.165) is 52.5 Å². The van der Waals surface area contributed by atoms with Crippen LogP contribution >= 0.6 is 0 Å². The molecule has 139 heavy (non-hydrogen) atoms. The molecule has 682 valence electrons. The standard InChI is InChI=1S/2C32H28N2Si.C22H24N2Si.C21H20N2.C19H16N2/c1-21-19-20-27-29-28(21)25-17-11-12-18-26(25)30-33-22(2)31(34(29)30)35(32(27,3)4,23-13-7-5-8-14-23)24-15-9-6-10-16-24;1-21-19-20-27-29-28(21)25-17-11-12-18-26(25)31-33-22(2)30(34(29)31)32(3,4)35(27,23-13-7-5-8-14-23)24-15-9-6-10-16-24;1-13-11-12-17-19-18(13)15-9-7-8-10-16(15)20-23-14(2)21(24(19)20)25(5,6)22(17,3)4;1-11-9-10-15-12(2)13(3)19-14(4)22-21-17-8-6-5-7-16(17)18(11)20(15)23(19)21;1-11-7-8-13-9-10-16-12(2)20-19-15-6-4-3-5-14(15)17(11)18(13)21(16)19/h2*5-20H,1-4H3;7-12H,1-6H3;5-10,12-13H,1-4H3;3-8H,9-10H2,1-2H3. The lowest BCUT2D eigenvalue weighted by Crippen LogP contribution is -2.79. The molecule has 0 spiro atoms. The third-order valence-corrected chi connectivity index (χ3v) is 51.4. The number of hydrogen-bond donors (Lipinski definition) is 0. The maximum Gasteiger partial charge on any atom is 0.181 e. The first-order chi connectivity index (χ1) is 67.1. The van der Waals surface area contributed by atoms with Crippen molar-refractivity contribution in [3.63, 3.8) is 0 Å². The van der Waals surface area contributed by atoms with E-state index in [-0.39, 0.29) is 15.1 Å². The van der Waals surface area contributed by atoms with Crippen LogP contribution < -0.4 is 36.6 Å². The second kappa shape index (κ2) is 30.6. The van der Waals surface area contributed by atoms with Gasteiger partial charge in [0, 0.05) is 97.6 Å². The second-order valence-electron chi connectivity index (χ2n) is 42.8. The van der Waals surface area contributed by atoms with Crippen molar-refractivity contribution in [2.24, 2.45) is 0 Å². The predicted octanol–water partition coefficient (Wildman–Crippen LogP) is 26.0. The normalized spacial score (nSPS) is 16.6. The Kier molecular flexibility index (Phi) is 19.0. The van der Waals surface area contributed by atoms with Crippen LogP contribution in [-0.4, -0.2) is 71.1 Å². The highest BCUT2D eigenvalue weighted by Gasteiger charge is 2.60. The van der Waals surface area contributed by atoms with Crippen LogP contribution in [0.4, 0.5) is 0 Å². The molecule has 0 radical (unpaired) electrons. The number of benzene rings is 14. The van der Waals surface area contributed by atoms with Gasteiger partial charge in [-0.25, -0.2) is 24.9 Å². The summed E-state index contributed by atoms with van der Waals surface area (Å²) in [6.07, 6.45) is 2.22. The maximum atomic E-state index is 5.33. The summed E-state index contributed by atoms with van der Waals surface area (Å²) in [5.41, 5.74) is 34.9. The average molecular weight is 1850 g/mol. The number of aryl methyl sites for hydroxylation is 12. The first kappa shape index (κ1) is 86.4. The van der Waals surface area contributed by atoms with Crippen LogP contribution in [0.15, 0.2) is 303 Å². The smallest absolute Gasteiger partial charge is 0.181 e. The highest BCUT2D eigenvalue weighted by Crippen LogP contribution is 2.52. The number of aromatic nitrogens is 10. The fraction of sp³-hybridized carbons (Fsp3) is 0.214. The van der Waals surface area contributed by atoms with E-state index in [1.807, 2.05) is 0 Å². The lowest BCUT2D eigenvalue weighted by atomic mass is 9.81. The van der Waals surface area contributed by atoms with Gasteiger partial charge < -0.3 is 0 Å². The summed E-state index contributed by atoms with van der Waals surface area (Å²) in [5, 5.41) is 29.9. The second-order valence-corrected chi connectivity index (χ2v) is 56.6. The molecule has 14 aromatic carbocycles. The van der Waals surface area contributed by atoms with E-state index in [1.54, 1.807) is 0 Å². The van der Waals surface area contributed by atoms with Crippen molar-refractivity contribution in [2.45, 2.75) is 178 Å². The van der Waals surface area contributed by atoms with Gasteiger partial charge in [0.25, 0.3) is 0 Å². The molecule has 0 saturated carbocycles. The summed E-state index contributed by atoms with van der Waals surface area (Å²) in [6, 6.07) is 112. The van der Waals surface area contributed by atoms with Crippen LogP contribution in [-0.2, 0) is 28.0 Å². The summed E-state index contributed by atoms with van der Waals surface area (Å²) in [4.78, 5) is 25.5. The van der Waals surface area contributed by atoms with Gasteiger partial charge in [-0.1, -0.05) is 372 Å². The van der Waals surface area contributed by atoms with Crippen LogP contribution in [0.1, 0.15) is 163 Å². The molecule has 0 bridgehead atoms. The summed E-state index contributed by atoms with van der Waals surface area (Å²) in [6.45, 7) is 46.6. The lowest BCUT2D eigenvalue weighted by molar-refractivity contribution is 0.589. The largest absolute Gasteiger partial charge is 0.300 e. The van der Waals surface area contributed by atoms with Gasteiger partial charge in [-0.05, 0) is 196 Å². The first-order valence-electron chi connectivity index (χ1n) is 49.9. The summed E-state index contributed by atoms with van der Waals surface area (Å²) in [5.74, 6) is 1.01. The number of rotatable bonds is 4. The Morgan fingerprint density at radius 2 is 0.604 bits per heavy atom. The molecule has 5 aliphatic rings. The van der Waals surface area contributed by atoms with E-state index >= 15 is 0 Å². The number of nitrogens with zero attached hydrogens (tertiary/aromatic N) is 10. The molecule has 0 amide bonds. The molecule has 13 heteroatoms. The number of pyridine rings is 5. The van der Waals surface area contributed by atoms with Crippen molar-refractivity contribution >= 4 is 197 Å². The van der Waals surface area contributed by atoms with E-state index in [1.165, 1.54) is 229 Å². The Morgan fingerprint density at radius 3 is 1.07 bits per heavy atom. The van der Waals surface area contributed by atoms with Crippen molar-refractivity contribution in [3.05, 3.63) is 399 Å². The minimum Gasteiger partial charge on any atom is -0.300 e. The summed E-state index contributed by atoms with van der Waals surface area (Å²) >= 11 is 0. The van der Waals surface area contributed by atoms with Gasteiger partial charge in [0.05, 0.1) is 56.1 Å². The molecule has 29 rings (SSSR count). The topological polar surface area (TPSA) is 86.5 Å². The van der Waals surface area contributed by atoms with Gasteiger partial charge in [-0.15, -0.1) is 0 Å². The molecule has 2 unspecified atom stereocenters. The zero-order valence-corrected chi connectivity index (χ0v) is 86.4. The Balaban J connectivity index is 0.0000000933. The Labute approximate surface area is 814 Å². The van der Waals surface area contributed by atoms with Crippen molar-refractivity contribution < 1.29 is 0 Å². The first-order valence-corrected chi connectivity index (χ1v) is 56.9. The quantitative estimate of drug-likeness (QED) is 0.129. The molecule has 5 aliphatic heterocycles. The Hall–Kier alpha value is -14.2. The van der Waals surface area contributed by atoms with Crippen LogP contribution in [0.2, 0.25) is 13.1 Å². The SMILES string of the molecule is Cc1nc2c3ccccc3c3c(C)ccc4c3n2c1C(C)(C)[Si]4(c1ccccc1)c1ccccc1.Cc1nc2c3ccccc3c3c(C)ccc4c3n2c1C(C)C4C.Cc1nc2c3ccccc3c3c(C)ccc4c3n2c1CC4.Cc1nc2c3ccccc3c3c(C)ccc4c3n2c1[Si](C)(C)C4(C)C.Cc1nc2c3ccccc3c3c(C)ccc4c3n2c1[Si](c1ccccc1)(c1ccccc1)C4(C)C. The monoisotopic (exact) mass is 1850 g/mol. The molecule has 10 aromatic heterocycles. The third kappa shape index (κ3) is 11.4. The predicted molar refractivity (Wildman–Crippen MR) is 594 cm³/mol. The Morgan fingerprint density at radius 1 is 0.266 bits per heavy atom. The van der Waals surface area contributed by atoms with Gasteiger partial charge in [-0.2, -0.15) is 0 Å². The molecule has 0 aliphatic carbocycles. The molecular weight excluding hydrogens is 1740 g/mol. The maximum absolute atomic E-state index is 5.33. The zero-order chi connectivity index (χ0) is 95.6. The molecule has 2 atom stereocenters. The van der Waals surface area contributed by atoms with Crippen LogP contribution in [0, 0.1) is 69.2 Å². The van der Waals surface area contributed by atoms with E-state index in [2.05, 4.69) is 463 Å². The van der Waals surface area contributed by atoms with E-state index in [0.29, 0.717) is 11.8 Å². The molecule has 10 nitrogen and oxygen atoms in total. The van der Waals surface area contributed by atoms with Gasteiger partial charge in [0.1, 0.15) is 36.3 Å². The molecule has 15 heterocycles. The van der Waals surface area contributed by atoms with Gasteiger partial charge in [-0.3, -0.25) is 22.0 Å². The minimum atomic E-state index is -2.59. The number of fused-ring (bicyclic) bond motifs is 15.